The molecule has 1 nitrogen and oxygen atoms in total. The minimum atomic E-state index is -0.883. The van der Waals surface area contributed by atoms with Crippen molar-refractivity contribution in [2.75, 3.05) is 0 Å². The molecular formula is C27H38F2O. The van der Waals surface area contributed by atoms with E-state index in [0.29, 0.717) is 12.0 Å². The summed E-state index contributed by atoms with van der Waals surface area (Å²) in [6.07, 6.45) is 18.3. The summed E-state index contributed by atoms with van der Waals surface area (Å²) >= 11 is 0. The predicted molar refractivity (Wildman–Crippen MR) is 120 cm³/mol. The standard InChI is InChI=1S/C27H38F2O/c1-4-6-7-8-23(5-2)30-25-18-17-24(26(28)27(25)29)22-15-13-21(14-16-22)20-11-9-19(3)10-12-20/h2,17-23H,4,6-16H2,1,3H3. The van der Waals surface area contributed by atoms with E-state index in [1.54, 1.807) is 12.1 Å². The van der Waals surface area contributed by atoms with Crippen molar-refractivity contribution in [2.45, 2.75) is 103 Å². The Bertz CT molecular complexity index is 706. The number of hydrogen-bond donors (Lipinski definition) is 0. The van der Waals surface area contributed by atoms with Crippen molar-refractivity contribution in [3.05, 3.63) is 29.3 Å². The van der Waals surface area contributed by atoms with Crippen LogP contribution in [0.1, 0.15) is 102 Å². The van der Waals surface area contributed by atoms with Gasteiger partial charge in [0.2, 0.25) is 5.82 Å². The third-order valence-corrected chi connectivity index (χ3v) is 7.54. The van der Waals surface area contributed by atoms with Crippen molar-refractivity contribution in [3.8, 4) is 18.1 Å². The Morgan fingerprint density at radius 3 is 2.20 bits per heavy atom. The fraction of sp³-hybridized carbons (Fsp3) is 0.704. The Labute approximate surface area is 182 Å². The van der Waals surface area contributed by atoms with E-state index in [2.05, 4.69) is 19.8 Å². The Morgan fingerprint density at radius 2 is 1.60 bits per heavy atom. The van der Waals surface area contributed by atoms with Gasteiger partial charge in [0.15, 0.2) is 17.7 Å². The highest BCUT2D eigenvalue weighted by Gasteiger charge is 2.32. The molecule has 1 unspecified atom stereocenters. The lowest BCUT2D eigenvalue weighted by Crippen LogP contribution is -2.25. The van der Waals surface area contributed by atoms with Gasteiger partial charge in [0.05, 0.1) is 0 Å². The van der Waals surface area contributed by atoms with Crippen molar-refractivity contribution in [2.24, 2.45) is 17.8 Å². The first kappa shape index (κ1) is 23.1. The minimum Gasteiger partial charge on any atom is -0.475 e. The van der Waals surface area contributed by atoms with Gasteiger partial charge in [-0.1, -0.05) is 51.5 Å². The maximum Gasteiger partial charge on any atom is 0.200 e. The minimum absolute atomic E-state index is 0.0549. The van der Waals surface area contributed by atoms with E-state index in [9.17, 15) is 8.78 Å². The third-order valence-electron chi connectivity index (χ3n) is 7.54. The molecule has 1 atom stereocenters. The fourth-order valence-electron chi connectivity index (χ4n) is 5.52. The van der Waals surface area contributed by atoms with Crippen LogP contribution >= 0.6 is 0 Å². The second-order valence-corrected chi connectivity index (χ2v) is 9.68. The Hall–Kier alpha value is -1.56. The van der Waals surface area contributed by atoms with E-state index in [1.807, 2.05) is 0 Å². The topological polar surface area (TPSA) is 9.23 Å². The zero-order valence-corrected chi connectivity index (χ0v) is 18.8. The molecule has 0 aliphatic heterocycles. The third kappa shape index (κ3) is 5.77. The normalized spacial score (nSPS) is 28.0. The molecule has 2 aliphatic carbocycles. The highest BCUT2D eigenvalue weighted by molar-refractivity contribution is 5.34. The highest BCUT2D eigenvalue weighted by atomic mass is 19.2. The lowest BCUT2D eigenvalue weighted by molar-refractivity contribution is 0.164. The molecule has 0 radical (unpaired) electrons. The maximum atomic E-state index is 14.9. The summed E-state index contributed by atoms with van der Waals surface area (Å²) in [6.45, 7) is 4.47. The van der Waals surface area contributed by atoms with Gasteiger partial charge in [0.1, 0.15) is 0 Å². The molecule has 0 aromatic heterocycles. The van der Waals surface area contributed by atoms with Crippen LogP contribution in [-0.4, -0.2) is 6.10 Å². The number of hydrogen-bond acceptors (Lipinski definition) is 1. The van der Waals surface area contributed by atoms with Gasteiger partial charge in [-0.2, -0.15) is 4.39 Å². The molecule has 30 heavy (non-hydrogen) atoms. The number of unbranched alkanes of at least 4 members (excludes halogenated alkanes) is 2. The molecule has 0 N–H and O–H groups in total. The second kappa shape index (κ2) is 11.2. The molecule has 3 heteroatoms. The second-order valence-electron chi connectivity index (χ2n) is 9.68. The lowest BCUT2D eigenvalue weighted by Gasteiger charge is -2.37. The quantitative estimate of drug-likeness (QED) is 0.308. The molecule has 1 aromatic rings. The van der Waals surface area contributed by atoms with Crippen LogP contribution in [0.3, 0.4) is 0 Å². The van der Waals surface area contributed by atoms with Crippen molar-refractivity contribution in [1.82, 2.24) is 0 Å². The van der Waals surface area contributed by atoms with Crippen LogP contribution in [0, 0.1) is 41.7 Å². The van der Waals surface area contributed by atoms with Crippen LogP contribution in [0.4, 0.5) is 8.78 Å². The number of halogens is 2. The first-order valence-electron chi connectivity index (χ1n) is 12.1. The molecule has 2 saturated carbocycles. The van der Waals surface area contributed by atoms with Crippen LogP contribution in [0.5, 0.6) is 5.75 Å². The summed E-state index contributed by atoms with van der Waals surface area (Å²) in [5.74, 6) is 3.47. The van der Waals surface area contributed by atoms with Crippen LogP contribution in [0.15, 0.2) is 12.1 Å². The summed E-state index contributed by atoms with van der Waals surface area (Å²) in [4.78, 5) is 0. The fourth-order valence-corrected chi connectivity index (χ4v) is 5.52. The largest absolute Gasteiger partial charge is 0.475 e. The van der Waals surface area contributed by atoms with Crippen LogP contribution in [-0.2, 0) is 0 Å². The van der Waals surface area contributed by atoms with E-state index < -0.39 is 17.7 Å². The molecule has 1 aromatic carbocycles. The predicted octanol–water partition coefficient (Wildman–Crippen LogP) is 8.03. The molecule has 166 valence electrons. The highest BCUT2D eigenvalue weighted by Crippen LogP contribution is 2.44. The van der Waals surface area contributed by atoms with E-state index in [-0.39, 0.29) is 11.7 Å². The summed E-state index contributed by atoms with van der Waals surface area (Å²) in [5.41, 5.74) is 0.513. The SMILES string of the molecule is C#CC(CCCCC)Oc1ccc(C2CCC(C3CCC(C)CC3)CC2)c(F)c1F. The zero-order chi connectivity index (χ0) is 21.5. The average Bonchev–Trinajstić information content (AvgIpc) is 2.77. The average molecular weight is 417 g/mol. The van der Waals surface area contributed by atoms with Crippen LogP contribution < -0.4 is 4.74 Å². The molecule has 3 rings (SSSR count). The number of benzene rings is 1. The van der Waals surface area contributed by atoms with Crippen LogP contribution in [0.25, 0.3) is 0 Å². The first-order chi connectivity index (χ1) is 14.5. The van der Waals surface area contributed by atoms with Crippen molar-refractivity contribution < 1.29 is 13.5 Å². The van der Waals surface area contributed by atoms with Gasteiger partial charge in [-0.05, 0) is 86.7 Å². The molecular weight excluding hydrogens is 378 g/mol. The zero-order valence-electron chi connectivity index (χ0n) is 18.8. The van der Waals surface area contributed by atoms with E-state index in [4.69, 9.17) is 11.2 Å². The lowest BCUT2D eigenvalue weighted by atomic mass is 9.68. The smallest absolute Gasteiger partial charge is 0.200 e. The molecule has 2 fully saturated rings. The summed E-state index contributed by atoms with van der Waals surface area (Å²) in [5, 5.41) is 0. The molecule has 0 bridgehead atoms. The number of rotatable bonds is 8. The van der Waals surface area contributed by atoms with Crippen molar-refractivity contribution in [3.63, 3.8) is 0 Å². The summed E-state index contributed by atoms with van der Waals surface area (Å²) in [6, 6.07) is 3.30. The summed E-state index contributed by atoms with van der Waals surface area (Å²) in [7, 11) is 0. The van der Waals surface area contributed by atoms with Gasteiger partial charge in [-0.3, -0.25) is 0 Å². The van der Waals surface area contributed by atoms with Gasteiger partial charge in [0.25, 0.3) is 0 Å². The van der Waals surface area contributed by atoms with Gasteiger partial charge >= 0.3 is 0 Å². The van der Waals surface area contributed by atoms with Crippen molar-refractivity contribution in [1.29, 1.82) is 0 Å². The van der Waals surface area contributed by atoms with Gasteiger partial charge < -0.3 is 4.74 Å². The Morgan fingerprint density at radius 1 is 0.967 bits per heavy atom. The van der Waals surface area contributed by atoms with Gasteiger partial charge in [0, 0.05) is 0 Å². The molecule has 2 aliphatic rings. The van der Waals surface area contributed by atoms with E-state index in [0.717, 1.165) is 62.7 Å². The first-order valence-corrected chi connectivity index (χ1v) is 12.1. The number of terminal acetylenes is 1. The Balaban J connectivity index is 1.58. The van der Waals surface area contributed by atoms with Crippen molar-refractivity contribution >= 4 is 0 Å². The molecule has 0 saturated heterocycles. The van der Waals surface area contributed by atoms with Gasteiger partial charge in [-0.15, -0.1) is 6.42 Å². The monoisotopic (exact) mass is 416 g/mol. The Kier molecular flexibility index (Phi) is 8.61. The molecule has 0 heterocycles. The number of ether oxygens (including phenoxy) is 1. The maximum absolute atomic E-state index is 14.9. The summed E-state index contributed by atoms with van der Waals surface area (Å²) < 4.78 is 35.3. The molecule has 0 spiro atoms. The van der Waals surface area contributed by atoms with Gasteiger partial charge in [-0.25, -0.2) is 4.39 Å². The van der Waals surface area contributed by atoms with E-state index in [1.165, 1.54) is 25.7 Å². The van der Waals surface area contributed by atoms with Crippen LogP contribution in [0.2, 0.25) is 0 Å². The van der Waals surface area contributed by atoms with E-state index >= 15 is 0 Å². The molecule has 0 amide bonds.